The van der Waals surface area contributed by atoms with E-state index < -0.39 is 0 Å². The summed E-state index contributed by atoms with van der Waals surface area (Å²) in [6.07, 6.45) is 0.783. The molecule has 4 nitrogen and oxygen atoms in total. The lowest BCUT2D eigenvalue weighted by atomic mass is 10.1. The van der Waals surface area contributed by atoms with E-state index in [1.807, 2.05) is 19.9 Å². The second-order valence-electron chi connectivity index (χ2n) is 4.84. The third-order valence-corrected chi connectivity index (χ3v) is 3.50. The molecule has 3 aromatic rings. The molecule has 0 spiro atoms. The van der Waals surface area contributed by atoms with Gasteiger partial charge < -0.3 is 9.97 Å². The van der Waals surface area contributed by atoms with Gasteiger partial charge in [-0.25, -0.2) is 4.98 Å². The van der Waals surface area contributed by atoms with Gasteiger partial charge in [0, 0.05) is 27.9 Å². The normalized spacial score (nSPS) is 11.1. The highest BCUT2D eigenvalue weighted by Gasteiger charge is 2.15. The molecule has 0 atom stereocenters. The summed E-state index contributed by atoms with van der Waals surface area (Å²) in [5.41, 5.74) is 5.68. The van der Waals surface area contributed by atoms with E-state index in [4.69, 9.17) is 0 Å². The Labute approximate surface area is 110 Å². The van der Waals surface area contributed by atoms with E-state index >= 15 is 0 Å². The summed E-state index contributed by atoms with van der Waals surface area (Å²) in [5, 5.41) is 1.13. The average molecular weight is 253 g/mol. The van der Waals surface area contributed by atoms with E-state index in [2.05, 4.69) is 34.0 Å². The third-order valence-electron chi connectivity index (χ3n) is 3.50. The van der Waals surface area contributed by atoms with Gasteiger partial charge in [0.2, 0.25) is 0 Å². The Kier molecular flexibility index (Phi) is 2.52. The molecule has 3 rings (SSSR count). The van der Waals surface area contributed by atoms with Gasteiger partial charge in [0.1, 0.15) is 11.5 Å². The van der Waals surface area contributed by atoms with Gasteiger partial charge >= 0.3 is 0 Å². The van der Waals surface area contributed by atoms with Crippen LogP contribution in [0.2, 0.25) is 0 Å². The van der Waals surface area contributed by atoms with Crippen LogP contribution < -0.4 is 0 Å². The summed E-state index contributed by atoms with van der Waals surface area (Å²) in [6, 6.07) is 6.18. The molecule has 0 unspecified atom stereocenters. The topological polar surface area (TPSA) is 61.5 Å². The number of aromatic nitrogens is 3. The van der Waals surface area contributed by atoms with Crippen LogP contribution in [-0.2, 0) is 0 Å². The molecule has 0 aliphatic rings. The number of hydrogen-bond acceptors (Lipinski definition) is 2. The molecule has 0 saturated carbocycles. The molecular formula is C15H15N3O. The first kappa shape index (κ1) is 11.7. The van der Waals surface area contributed by atoms with Crippen LogP contribution in [0.3, 0.4) is 0 Å². The van der Waals surface area contributed by atoms with Gasteiger partial charge in [0.25, 0.3) is 0 Å². The maximum atomic E-state index is 10.9. The number of para-hydroxylation sites is 1. The lowest BCUT2D eigenvalue weighted by Gasteiger charge is -1.97. The van der Waals surface area contributed by atoms with Crippen molar-refractivity contribution in [2.75, 3.05) is 0 Å². The van der Waals surface area contributed by atoms with Crippen molar-refractivity contribution in [2.24, 2.45) is 0 Å². The molecule has 1 aromatic carbocycles. The molecule has 0 bridgehead atoms. The van der Waals surface area contributed by atoms with Gasteiger partial charge in [-0.05, 0) is 26.3 Å². The summed E-state index contributed by atoms with van der Waals surface area (Å²) in [5.74, 6) is 0.744. The summed E-state index contributed by atoms with van der Waals surface area (Å²) in [6.45, 7) is 5.95. The fraction of sp³-hybridized carbons (Fsp3) is 0.200. The number of hydrogen-bond donors (Lipinski definition) is 2. The number of benzene rings is 1. The highest BCUT2D eigenvalue weighted by Crippen LogP contribution is 2.32. The van der Waals surface area contributed by atoms with Crippen LogP contribution in [0.4, 0.5) is 0 Å². The smallest absolute Gasteiger partial charge is 0.170 e. The quantitative estimate of drug-likeness (QED) is 0.688. The Hall–Kier alpha value is -2.36. The minimum atomic E-state index is 0.469. The molecule has 0 fully saturated rings. The van der Waals surface area contributed by atoms with Gasteiger partial charge in [-0.15, -0.1) is 0 Å². The van der Waals surface area contributed by atoms with Crippen molar-refractivity contribution in [3.63, 3.8) is 0 Å². The van der Waals surface area contributed by atoms with Gasteiger partial charge in [0.05, 0.1) is 0 Å². The maximum absolute atomic E-state index is 10.9. The van der Waals surface area contributed by atoms with Crippen LogP contribution in [0.15, 0.2) is 18.2 Å². The van der Waals surface area contributed by atoms with E-state index in [0.717, 1.165) is 40.0 Å². The highest BCUT2D eigenvalue weighted by atomic mass is 16.1. The Morgan fingerprint density at radius 3 is 2.58 bits per heavy atom. The first-order chi connectivity index (χ1) is 9.11. The molecule has 4 heteroatoms. The summed E-state index contributed by atoms with van der Waals surface area (Å²) in [7, 11) is 0. The highest BCUT2D eigenvalue weighted by molar-refractivity contribution is 5.97. The van der Waals surface area contributed by atoms with Crippen LogP contribution in [0.5, 0.6) is 0 Å². The van der Waals surface area contributed by atoms with E-state index in [-0.39, 0.29) is 0 Å². The van der Waals surface area contributed by atoms with Crippen LogP contribution in [0.25, 0.3) is 22.3 Å². The monoisotopic (exact) mass is 253 g/mol. The number of rotatable bonds is 2. The number of aromatic amines is 2. The fourth-order valence-electron chi connectivity index (χ4n) is 2.51. The van der Waals surface area contributed by atoms with Crippen molar-refractivity contribution in [3.8, 4) is 11.4 Å². The van der Waals surface area contributed by atoms with Crippen molar-refractivity contribution in [1.29, 1.82) is 0 Å². The van der Waals surface area contributed by atoms with Crippen molar-refractivity contribution in [3.05, 3.63) is 40.8 Å². The Bertz CT molecular complexity index is 780. The zero-order chi connectivity index (χ0) is 13.6. The number of nitrogens with one attached hydrogen (secondary N) is 2. The summed E-state index contributed by atoms with van der Waals surface area (Å²) < 4.78 is 0. The van der Waals surface area contributed by atoms with E-state index in [1.54, 1.807) is 0 Å². The average Bonchev–Trinajstić information content (AvgIpc) is 2.90. The second-order valence-corrected chi connectivity index (χ2v) is 4.84. The van der Waals surface area contributed by atoms with Gasteiger partial charge in [0.15, 0.2) is 6.29 Å². The van der Waals surface area contributed by atoms with E-state index in [0.29, 0.717) is 5.69 Å². The number of carbonyl (C=O) groups excluding carboxylic acids is 1. The predicted octanol–water partition coefficient (Wildman–Crippen LogP) is 3.30. The SMILES string of the molecule is Cc1[nH]c(-c2c(C)[nH]c3c(C)cccc23)nc1C=O. The fourth-order valence-corrected chi connectivity index (χ4v) is 2.51. The zero-order valence-corrected chi connectivity index (χ0v) is 11.2. The lowest BCUT2D eigenvalue weighted by molar-refractivity contribution is 0.111. The summed E-state index contributed by atoms with van der Waals surface area (Å²) in [4.78, 5) is 21.9. The standard InChI is InChI=1S/C15H15N3O/c1-8-5-4-6-11-13(10(3)16-14(8)11)15-17-9(2)12(7-19)18-15/h4-7,16H,1-3H3,(H,17,18). The number of H-pyrrole nitrogens is 2. The Morgan fingerprint density at radius 1 is 1.11 bits per heavy atom. The van der Waals surface area contributed by atoms with Crippen LogP contribution in [0, 0.1) is 20.8 Å². The number of imidazole rings is 1. The van der Waals surface area contributed by atoms with Crippen LogP contribution in [-0.4, -0.2) is 21.2 Å². The molecule has 0 saturated heterocycles. The van der Waals surface area contributed by atoms with Gasteiger partial charge in [-0.1, -0.05) is 18.2 Å². The van der Waals surface area contributed by atoms with Crippen molar-refractivity contribution < 1.29 is 4.79 Å². The zero-order valence-electron chi connectivity index (χ0n) is 11.2. The third kappa shape index (κ3) is 1.68. The number of fused-ring (bicyclic) bond motifs is 1. The van der Waals surface area contributed by atoms with Gasteiger partial charge in [-0.3, -0.25) is 4.79 Å². The van der Waals surface area contributed by atoms with Crippen LogP contribution in [0.1, 0.15) is 27.4 Å². The maximum Gasteiger partial charge on any atom is 0.170 e. The first-order valence-electron chi connectivity index (χ1n) is 6.22. The first-order valence-corrected chi connectivity index (χ1v) is 6.22. The molecule has 0 aliphatic heterocycles. The lowest BCUT2D eigenvalue weighted by Crippen LogP contribution is -1.83. The molecule has 96 valence electrons. The molecule has 0 radical (unpaired) electrons. The van der Waals surface area contributed by atoms with Crippen LogP contribution >= 0.6 is 0 Å². The molecular weight excluding hydrogens is 238 g/mol. The minimum Gasteiger partial charge on any atom is -0.358 e. The predicted molar refractivity (Wildman–Crippen MR) is 75.5 cm³/mol. The van der Waals surface area contributed by atoms with Crippen molar-refractivity contribution in [1.82, 2.24) is 15.0 Å². The molecule has 2 heterocycles. The number of nitrogens with zero attached hydrogens (tertiary/aromatic N) is 1. The van der Waals surface area contributed by atoms with Crippen molar-refractivity contribution >= 4 is 17.2 Å². The van der Waals surface area contributed by atoms with E-state index in [1.165, 1.54) is 5.56 Å². The second kappa shape index (κ2) is 4.09. The Balaban J connectivity index is 2.32. The molecule has 0 amide bonds. The minimum absolute atomic E-state index is 0.469. The van der Waals surface area contributed by atoms with Gasteiger partial charge in [-0.2, -0.15) is 0 Å². The Morgan fingerprint density at radius 2 is 1.89 bits per heavy atom. The molecule has 0 aliphatic carbocycles. The number of aldehydes is 1. The van der Waals surface area contributed by atoms with Crippen molar-refractivity contribution in [2.45, 2.75) is 20.8 Å². The summed E-state index contributed by atoms with van der Waals surface area (Å²) >= 11 is 0. The molecule has 2 aromatic heterocycles. The largest absolute Gasteiger partial charge is 0.358 e. The van der Waals surface area contributed by atoms with E-state index in [9.17, 15) is 4.79 Å². The molecule has 2 N–H and O–H groups in total. The molecule has 19 heavy (non-hydrogen) atoms. The number of carbonyl (C=O) groups is 1. The number of aryl methyl sites for hydroxylation is 3.